The molecule has 0 aliphatic rings. The Labute approximate surface area is 112 Å². The van der Waals surface area contributed by atoms with Gasteiger partial charge in [-0.15, -0.1) is 5.10 Å². The molecule has 0 aliphatic heterocycles. The molecule has 0 bridgehead atoms. The molecule has 1 aromatic rings. The lowest BCUT2D eigenvalue weighted by molar-refractivity contribution is 0.0765. The van der Waals surface area contributed by atoms with Crippen molar-refractivity contribution in [3.8, 4) is 0 Å². The first kappa shape index (κ1) is 15.4. The van der Waals surface area contributed by atoms with Crippen molar-refractivity contribution in [3.63, 3.8) is 0 Å². The van der Waals surface area contributed by atoms with Crippen LogP contribution in [0.2, 0.25) is 0 Å². The highest BCUT2D eigenvalue weighted by atomic mass is 16.5. The molecule has 1 aromatic heterocycles. The van der Waals surface area contributed by atoms with E-state index in [1.54, 1.807) is 0 Å². The molecule has 0 saturated carbocycles. The van der Waals surface area contributed by atoms with Gasteiger partial charge in [0.25, 0.3) is 5.56 Å². The number of hydrogen-bond acceptors (Lipinski definition) is 5. The molecule has 0 atom stereocenters. The van der Waals surface area contributed by atoms with Gasteiger partial charge in [-0.05, 0) is 26.7 Å². The molecule has 0 saturated heterocycles. The smallest absolute Gasteiger partial charge is 0.346 e. The Bertz CT molecular complexity index is 519. The summed E-state index contributed by atoms with van der Waals surface area (Å²) in [5, 5.41) is 6.86. The molecule has 0 aromatic carbocycles. The molecule has 7 nitrogen and oxygen atoms in total. The van der Waals surface area contributed by atoms with Crippen LogP contribution in [0, 0.1) is 0 Å². The van der Waals surface area contributed by atoms with Gasteiger partial charge in [0.1, 0.15) is 0 Å². The maximum absolute atomic E-state index is 11.8. The molecule has 0 amide bonds. The first-order chi connectivity index (χ1) is 8.93. The average molecular weight is 270 g/mol. The summed E-state index contributed by atoms with van der Waals surface area (Å²) in [5.74, 6) is 0.203. The second-order valence-corrected chi connectivity index (χ2v) is 4.67. The standard InChI is InChI=1S/C12H22N4O3/c1-9(2)19-8-6-5-7-13-10-11(17)15(3)12(18)16(4)14-10/h9H,5-8H2,1-4H3,(H,13,14). The number of hydrogen-bond donors (Lipinski definition) is 1. The Kier molecular flexibility index (Phi) is 5.75. The predicted octanol–water partition coefficient (Wildman–Crippen LogP) is 0.0961. The van der Waals surface area contributed by atoms with E-state index in [2.05, 4.69) is 10.4 Å². The molecule has 0 spiro atoms. The second kappa shape index (κ2) is 7.08. The maximum Gasteiger partial charge on any atom is 0.346 e. The SMILES string of the molecule is CC(C)OCCCCNc1nn(C)c(=O)n(C)c1=O. The highest BCUT2D eigenvalue weighted by Gasteiger charge is 2.07. The van der Waals surface area contributed by atoms with E-state index < -0.39 is 11.2 Å². The van der Waals surface area contributed by atoms with E-state index in [0.29, 0.717) is 13.2 Å². The summed E-state index contributed by atoms with van der Waals surface area (Å²) in [6.45, 7) is 5.33. The lowest BCUT2D eigenvalue weighted by atomic mass is 10.3. The van der Waals surface area contributed by atoms with E-state index in [0.717, 1.165) is 22.1 Å². The van der Waals surface area contributed by atoms with Crippen molar-refractivity contribution in [2.75, 3.05) is 18.5 Å². The van der Waals surface area contributed by atoms with E-state index in [4.69, 9.17) is 4.74 Å². The Morgan fingerprint density at radius 3 is 2.58 bits per heavy atom. The van der Waals surface area contributed by atoms with E-state index in [9.17, 15) is 9.59 Å². The molecule has 0 unspecified atom stereocenters. The van der Waals surface area contributed by atoms with Crippen molar-refractivity contribution in [1.29, 1.82) is 0 Å². The second-order valence-electron chi connectivity index (χ2n) is 4.67. The van der Waals surface area contributed by atoms with Crippen LogP contribution >= 0.6 is 0 Å². The molecule has 108 valence electrons. The third kappa shape index (κ3) is 4.51. The number of anilines is 1. The zero-order chi connectivity index (χ0) is 14.4. The number of aryl methyl sites for hydroxylation is 1. The van der Waals surface area contributed by atoms with Gasteiger partial charge >= 0.3 is 5.69 Å². The first-order valence-corrected chi connectivity index (χ1v) is 6.43. The van der Waals surface area contributed by atoms with E-state index in [1.165, 1.54) is 14.1 Å². The van der Waals surface area contributed by atoms with E-state index >= 15 is 0 Å². The van der Waals surface area contributed by atoms with Gasteiger partial charge in [0.05, 0.1) is 6.10 Å². The molecular formula is C12H22N4O3. The highest BCUT2D eigenvalue weighted by molar-refractivity contribution is 5.29. The predicted molar refractivity (Wildman–Crippen MR) is 73.5 cm³/mol. The fourth-order valence-electron chi connectivity index (χ4n) is 1.56. The number of nitrogens with zero attached hydrogens (tertiary/aromatic N) is 3. The van der Waals surface area contributed by atoms with Crippen molar-refractivity contribution in [2.45, 2.75) is 32.8 Å². The van der Waals surface area contributed by atoms with Gasteiger partial charge in [-0.3, -0.25) is 9.36 Å². The molecule has 0 radical (unpaired) electrons. The Morgan fingerprint density at radius 1 is 1.26 bits per heavy atom. The number of aromatic nitrogens is 3. The Morgan fingerprint density at radius 2 is 1.95 bits per heavy atom. The average Bonchev–Trinajstić information content (AvgIpc) is 2.36. The van der Waals surface area contributed by atoms with Gasteiger partial charge in [-0.25, -0.2) is 9.48 Å². The molecular weight excluding hydrogens is 248 g/mol. The monoisotopic (exact) mass is 270 g/mol. The van der Waals surface area contributed by atoms with Crippen LogP contribution in [0.1, 0.15) is 26.7 Å². The molecule has 1 rings (SSSR count). The minimum absolute atomic E-state index is 0.203. The summed E-state index contributed by atoms with van der Waals surface area (Å²) in [5.41, 5.74) is -0.831. The van der Waals surface area contributed by atoms with Gasteiger partial charge in [-0.1, -0.05) is 0 Å². The minimum atomic E-state index is -0.430. The van der Waals surface area contributed by atoms with Crippen LogP contribution in [0.15, 0.2) is 9.59 Å². The topological polar surface area (TPSA) is 78.2 Å². The summed E-state index contributed by atoms with van der Waals surface area (Å²) >= 11 is 0. The van der Waals surface area contributed by atoms with Gasteiger partial charge in [-0.2, -0.15) is 0 Å². The third-order valence-corrected chi connectivity index (χ3v) is 2.64. The van der Waals surface area contributed by atoms with Crippen molar-refractivity contribution in [3.05, 3.63) is 20.8 Å². The van der Waals surface area contributed by atoms with Crippen molar-refractivity contribution < 1.29 is 4.74 Å². The molecule has 1 heterocycles. The van der Waals surface area contributed by atoms with Crippen LogP contribution in [0.4, 0.5) is 5.82 Å². The summed E-state index contributed by atoms with van der Waals surface area (Å²) in [7, 11) is 2.96. The summed E-state index contributed by atoms with van der Waals surface area (Å²) in [4.78, 5) is 23.2. The lowest BCUT2D eigenvalue weighted by Gasteiger charge is -2.09. The summed E-state index contributed by atoms with van der Waals surface area (Å²) < 4.78 is 7.60. The maximum atomic E-state index is 11.8. The third-order valence-electron chi connectivity index (χ3n) is 2.64. The minimum Gasteiger partial charge on any atom is -0.379 e. The van der Waals surface area contributed by atoms with E-state index in [1.807, 2.05) is 13.8 Å². The zero-order valence-corrected chi connectivity index (χ0v) is 12.0. The molecule has 1 N–H and O–H groups in total. The number of rotatable bonds is 7. The number of unbranched alkanes of at least 4 members (excludes halogenated alkanes) is 1. The fraction of sp³-hybridized carbons (Fsp3) is 0.750. The van der Waals surface area contributed by atoms with E-state index in [-0.39, 0.29) is 11.9 Å². The normalized spacial score (nSPS) is 11.0. The largest absolute Gasteiger partial charge is 0.379 e. The molecule has 0 fully saturated rings. The van der Waals surface area contributed by atoms with Gasteiger partial charge in [0.15, 0.2) is 0 Å². The van der Waals surface area contributed by atoms with Crippen molar-refractivity contribution in [1.82, 2.24) is 14.3 Å². The fourth-order valence-corrected chi connectivity index (χ4v) is 1.56. The van der Waals surface area contributed by atoms with Crippen LogP contribution in [0.5, 0.6) is 0 Å². The summed E-state index contributed by atoms with van der Waals surface area (Å²) in [6, 6.07) is 0. The van der Waals surface area contributed by atoms with Crippen LogP contribution in [0.25, 0.3) is 0 Å². The van der Waals surface area contributed by atoms with Gasteiger partial charge < -0.3 is 10.1 Å². The van der Waals surface area contributed by atoms with Crippen LogP contribution in [-0.2, 0) is 18.8 Å². The quantitative estimate of drug-likeness (QED) is 0.711. The number of nitrogens with one attached hydrogen (secondary N) is 1. The molecule has 7 heteroatoms. The van der Waals surface area contributed by atoms with Crippen LogP contribution in [0.3, 0.4) is 0 Å². The van der Waals surface area contributed by atoms with Crippen molar-refractivity contribution >= 4 is 5.82 Å². The molecule has 19 heavy (non-hydrogen) atoms. The molecule has 0 aliphatic carbocycles. The number of ether oxygens (including phenoxy) is 1. The van der Waals surface area contributed by atoms with Gasteiger partial charge in [0, 0.05) is 27.2 Å². The van der Waals surface area contributed by atoms with Crippen LogP contribution < -0.4 is 16.6 Å². The first-order valence-electron chi connectivity index (χ1n) is 6.43. The lowest BCUT2D eigenvalue weighted by Crippen LogP contribution is -2.40. The van der Waals surface area contributed by atoms with Crippen LogP contribution in [-0.4, -0.2) is 33.6 Å². The summed E-state index contributed by atoms with van der Waals surface area (Å²) in [6.07, 6.45) is 2.03. The highest BCUT2D eigenvalue weighted by Crippen LogP contribution is 1.96. The zero-order valence-electron chi connectivity index (χ0n) is 12.0. The van der Waals surface area contributed by atoms with Gasteiger partial charge in [0.2, 0.25) is 5.82 Å². The Hall–Kier alpha value is -1.63. The Balaban J connectivity index is 2.47. The van der Waals surface area contributed by atoms with Crippen molar-refractivity contribution in [2.24, 2.45) is 14.1 Å².